The maximum atomic E-state index is 5.79. The van der Waals surface area contributed by atoms with Crippen LogP contribution in [-0.4, -0.2) is 19.1 Å². The number of nitrogens with two attached hydrogens (primary N) is 1. The molecule has 0 radical (unpaired) electrons. The molecular weight excluding hydrogens is 136 g/mol. The topological polar surface area (TPSA) is 38.0 Å². The first-order valence-electron chi connectivity index (χ1n) is 4.77. The van der Waals surface area contributed by atoms with Crippen LogP contribution < -0.4 is 11.1 Å². The minimum absolute atomic E-state index is 0.507. The van der Waals surface area contributed by atoms with Gasteiger partial charge in [0.1, 0.15) is 0 Å². The van der Waals surface area contributed by atoms with Gasteiger partial charge in [-0.15, -0.1) is 0 Å². The molecule has 3 N–H and O–H groups in total. The zero-order chi connectivity index (χ0) is 8.32. The van der Waals surface area contributed by atoms with Crippen LogP contribution in [0.5, 0.6) is 0 Å². The second-order valence-corrected chi connectivity index (χ2v) is 3.61. The molecule has 1 saturated heterocycles. The van der Waals surface area contributed by atoms with Gasteiger partial charge in [0.2, 0.25) is 0 Å². The first-order chi connectivity index (χ1) is 5.31. The van der Waals surface area contributed by atoms with Gasteiger partial charge in [0.15, 0.2) is 0 Å². The molecule has 1 aliphatic carbocycles. The van der Waals surface area contributed by atoms with Gasteiger partial charge in [-0.1, -0.05) is 13.8 Å². The summed E-state index contributed by atoms with van der Waals surface area (Å²) >= 11 is 0. The largest absolute Gasteiger partial charge is 0.328 e. The van der Waals surface area contributed by atoms with Crippen molar-refractivity contribution in [2.45, 2.75) is 39.2 Å². The summed E-state index contributed by atoms with van der Waals surface area (Å²) < 4.78 is 0. The van der Waals surface area contributed by atoms with Crippen LogP contribution in [0.2, 0.25) is 0 Å². The van der Waals surface area contributed by atoms with Crippen molar-refractivity contribution in [1.29, 1.82) is 0 Å². The number of nitrogens with one attached hydrogen (secondary N) is 1. The maximum absolute atomic E-state index is 5.79. The average Bonchev–Trinajstić information content (AvgIpc) is 2.35. The fourth-order valence-electron chi connectivity index (χ4n) is 2.05. The Kier molecular flexibility index (Phi) is 2.90. The van der Waals surface area contributed by atoms with Crippen LogP contribution in [-0.2, 0) is 0 Å². The first kappa shape index (κ1) is 9.01. The molecule has 2 heteroatoms. The van der Waals surface area contributed by atoms with E-state index in [0.717, 1.165) is 0 Å². The quantitative estimate of drug-likeness (QED) is 0.551. The molecule has 1 unspecified atom stereocenters. The molecule has 0 aromatic carbocycles. The van der Waals surface area contributed by atoms with Crippen molar-refractivity contribution in [2.75, 3.05) is 13.1 Å². The SMILES string of the molecule is CC.NC1CCC2(CNC2)C1. The zero-order valence-electron chi connectivity index (χ0n) is 7.69. The lowest BCUT2D eigenvalue weighted by Gasteiger charge is -2.39. The molecule has 2 aliphatic rings. The number of hydrogen-bond donors (Lipinski definition) is 2. The van der Waals surface area contributed by atoms with Gasteiger partial charge in [-0.05, 0) is 24.7 Å². The van der Waals surface area contributed by atoms with Gasteiger partial charge in [0.25, 0.3) is 0 Å². The van der Waals surface area contributed by atoms with E-state index in [1.54, 1.807) is 0 Å². The van der Waals surface area contributed by atoms with Crippen molar-refractivity contribution in [3.05, 3.63) is 0 Å². The van der Waals surface area contributed by atoms with Gasteiger partial charge in [-0.3, -0.25) is 0 Å². The molecular formula is C9H20N2. The Morgan fingerprint density at radius 3 is 2.18 bits per heavy atom. The van der Waals surface area contributed by atoms with Crippen molar-refractivity contribution in [3.8, 4) is 0 Å². The monoisotopic (exact) mass is 156 g/mol. The van der Waals surface area contributed by atoms with Crippen molar-refractivity contribution >= 4 is 0 Å². The first-order valence-corrected chi connectivity index (χ1v) is 4.77. The minimum Gasteiger partial charge on any atom is -0.328 e. The molecule has 1 aliphatic heterocycles. The van der Waals surface area contributed by atoms with E-state index in [9.17, 15) is 0 Å². The predicted octanol–water partition coefficient (Wildman–Crippen LogP) is 1.11. The average molecular weight is 156 g/mol. The smallest absolute Gasteiger partial charge is 0.00452 e. The molecule has 0 amide bonds. The Hall–Kier alpha value is -0.0800. The van der Waals surface area contributed by atoms with Gasteiger partial charge in [0.05, 0.1) is 0 Å². The van der Waals surface area contributed by atoms with Crippen LogP contribution in [0.15, 0.2) is 0 Å². The number of rotatable bonds is 0. The van der Waals surface area contributed by atoms with Gasteiger partial charge in [0, 0.05) is 19.1 Å². The van der Waals surface area contributed by atoms with E-state index in [2.05, 4.69) is 5.32 Å². The van der Waals surface area contributed by atoms with Crippen LogP contribution in [0, 0.1) is 5.41 Å². The molecule has 1 atom stereocenters. The van der Waals surface area contributed by atoms with Crippen LogP contribution >= 0.6 is 0 Å². The molecule has 0 aromatic heterocycles. The van der Waals surface area contributed by atoms with E-state index >= 15 is 0 Å². The zero-order valence-corrected chi connectivity index (χ0v) is 7.69. The molecule has 2 nitrogen and oxygen atoms in total. The summed E-state index contributed by atoms with van der Waals surface area (Å²) in [6.07, 6.45) is 3.88. The lowest BCUT2D eigenvalue weighted by molar-refractivity contribution is 0.175. The van der Waals surface area contributed by atoms with Crippen molar-refractivity contribution in [3.63, 3.8) is 0 Å². The van der Waals surface area contributed by atoms with Gasteiger partial charge >= 0.3 is 0 Å². The predicted molar refractivity (Wildman–Crippen MR) is 48.5 cm³/mol. The summed E-state index contributed by atoms with van der Waals surface area (Å²) in [6, 6.07) is 0.507. The summed E-state index contributed by atoms with van der Waals surface area (Å²) in [5.41, 5.74) is 6.44. The summed E-state index contributed by atoms with van der Waals surface area (Å²) in [5.74, 6) is 0. The maximum Gasteiger partial charge on any atom is 0.00452 e. The van der Waals surface area contributed by atoms with Crippen LogP contribution in [0.25, 0.3) is 0 Å². The lowest BCUT2D eigenvalue weighted by Crippen LogP contribution is -2.52. The summed E-state index contributed by atoms with van der Waals surface area (Å²) in [7, 11) is 0. The molecule has 2 rings (SSSR count). The van der Waals surface area contributed by atoms with E-state index in [-0.39, 0.29) is 0 Å². The molecule has 2 fully saturated rings. The van der Waals surface area contributed by atoms with Crippen molar-refractivity contribution in [1.82, 2.24) is 5.32 Å². The van der Waals surface area contributed by atoms with E-state index in [0.29, 0.717) is 11.5 Å². The molecule has 1 spiro atoms. The molecule has 1 heterocycles. The summed E-state index contributed by atoms with van der Waals surface area (Å²) in [6.45, 7) is 6.45. The van der Waals surface area contributed by atoms with E-state index in [1.165, 1.54) is 32.4 Å². The van der Waals surface area contributed by atoms with Crippen molar-refractivity contribution < 1.29 is 0 Å². The second kappa shape index (κ2) is 3.55. The number of hydrogen-bond acceptors (Lipinski definition) is 2. The Balaban J connectivity index is 0.000000281. The molecule has 1 saturated carbocycles. The molecule has 66 valence electrons. The molecule has 0 aromatic rings. The normalized spacial score (nSPS) is 32.5. The van der Waals surface area contributed by atoms with Gasteiger partial charge < -0.3 is 11.1 Å². The third kappa shape index (κ3) is 1.74. The van der Waals surface area contributed by atoms with Crippen LogP contribution in [0.1, 0.15) is 33.1 Å². The minimum atomic E-state index is 0.507. The standard InChI is InChI=1S/C7H14N2.C2H6/c8-6-1-2-7(3-6)4-9-5-7;1-2/h6,9H,1-5,8H2;1-2H3. The Morgan fingerprint density at radius 2 is 2.00 bits per heavy atom. The third-order valence-electron chi connectivity index (χ3n) is 2.74. The highest BCUT2D eigenvalue weighted by Crippen LogP contribution is 2.40. The second-order valence-electron chi connectivity index (χ2n) is 3.61. The molecule has 11 heavy (non-hydrogen) atoms. The van der Waals surface area contributed by atoms with E-state index in [4.69, 9.17) is 5.73 Å². The summed E-state index contributed by atoms with van der Waals surface area (Å²) in [4.78, 5) is 0. The fourth-order valence-corrected chi connectivity index (χ4v) is 2.05. The highest BCUT2D eigenvalue weighted by molar-refractivity contribution is 4.99. The highest BCUT2D eigenvalue weighted by atomic mass is 15.0. The fraction of sp³-hybridized carbons (Fsp3) is 1.00. The molecule has 0 bridgehead atoms. The van der Waals surface area contributed by atoms with Gasteiger partial charge in [-0.2, -0.15) is 0 Å². The Morgan fingerprint density at radius 1 is 1.36 bits per heavy atom. The van der Waals surface area contributed by atoms with Crippen molar-refractivity contribution in [2.24, 2.45) is 11.1 Å². The highest BCUT2D eigenvalue weighted by Gasteiger charge is 2.42. The van der Waals surface area contributed by atoms with E-state index < -0.39 is 0 Å². The Bertz CT molecular complexity index is 119. The van der Waals surface area contributed by atoms with Crippen LogP contribution in [0.3, 0.4) is 0 Å². The van der Waals surface area contributed by atoms with Crippen LogP contribution in [0.4, 0.5) is 0 Å². The van der Waals surface area contributed by atoms with Gasteiger partial charge in [-0.25, -0.2) is 0 Å². The van der Waals surface area contributed by atoms with E-state index in [1.807, 2.05) is 13.8 Å². The Labute approximate surface area is 69.5 Å². The lowest BCUT2D eigenvalue weighted by atomic mass is 9.80. The third-order valence-corrected chi connectivity index (χ3v) is 2.74. The summed E-state index contributed by atoms with van der Waals surface area (Å²) in [5, 5.41) is 3.31.